The van der Waals surface area contributed by atoms with Crippen LogP contribution in [-0.4, -0.2) is 28.1 Å². The molecule has 0 aliphatic rings. The van der Waals surface area contributed by atoms with E-state index < -0.39 is 5.97 Å². The molecule has 4 nitrogen and oxygen atoms in total. The average molecular weight is 397 g/mol. The zero-order chi connectivity index (χ0) is 21.0. The molecule has 0 aliphatic carbocycles. The fraction of sp³-hybridized carbons (Fsp3) is 0.833. The van der Waals surface area contributed by atoms with E-state index in [9.17, 15) is 19.8 Å². The maximum atomic E-state index is 11.3. The summed E-state index contributed by atoms with van der Waals surface area (Å²) in [5.74, 6) is -0.771. The van der Waals surface area contributed by atoms with Crippen LogP contribution >= 0.6 is 0 Å². The number of aliphatic hydroxyl groups excluding tert-OH is 1. The molecule has 0 radical (unpaired) electrons. The number of ketones is 1. The van der Waals surface area contributed by atoms with Gasteiger partial charge in [0.15, 0.2) is 0 Å². The van der Waals surface area contributed by atoms with Crippen molar-refractivity contribution in [3.63, 3.8) is 0 Å². The minimum absolute atomic E-state index is 0.183. The molecule has 28 heavy (non-hydrogen) atoms. The first-order valence-electron chi connectivity index (χ1n) is 11.5. The number of allylic oxidation sites excluding steroid dienone is 1. The van der Waals surface area contributed by atoms with Gasteiger partial charge in [-0.2, -0.15) is 0 Å². The van der Waals surface area contributed by atoms with Gasteiger partial charge >= 0.3 is 5.97 Å². The lowest BCUT2D eigenvalue weighted by molar-refractivity contribution is -0.142. The first-order valence-corrected chi connectivity index (χ1v) is 11.5. The van der Waals surface area contributed by atoms with E-state index in [0.29, 0.717) is 12.8 Å². The number of carbonyl (C=O) groups excluding carboxylic acids is 1. The Morgan fingerprint density at radius 3 is 2.07 bits per heavy atom. The quantitative estimate of drug-likeness (QED) is 0.183. The van der Waals surface area contributed by atoms with Gasteiger partial charge in [-0.3, -0.25) is 4.79 Å². The number of carboxylic acids is 1. The van der Waals surface area contributed by atoms with E-state index in [0.717, 1.165) is 70.6 Å². The highest BCUT2D eigenvalue weighted by Crippen LogP contribution is 2.19. The number of carbonyl (C=O) groups is 2. The van der Waals surface area contributed by atoms with Crippen molar-refractivity contribution in [2.75, 3.05) is 0 Å². The lowest BCUT2D eigenvalue weighted by Crippen LogP contribution is -2.13. The zero-order valence-electron chi connectivity index (χ0n) is 18.3. The molecule has 164 valence electrons. The number of aliphatic carboxylic acids is 1. The van der Waals surface area contributed by atoms with Gasteiger partial charge in [-0.1, -0.05) is 70.4 Å². The molecular weight excluding hydrogens is 352 g/mol. The SMILES string of the molecule is CCCCCC[C@@H](O)CC=CCCCCCCC(CCCCC(C)=O)C(=O)O. The largest absolute Gasteiger partial charge is 0.481 e. The zero-order valence-corrected chi connectivity index (χ0v) is 18.3. The fourth-order valence-corrected chi connectivity index (χ4v) is 3.46. The Morgan fingerprint density at radius 1 is 0.821 bits per heavy atom. The Hall–Kier alpha value is -1.16. The van der Waals surface area contributed by atoms with E-state index in [-0.39, 0.29) is 17.8 Å². The average Bonchev–Trinajstić information content (AvgIpc) is 2.65. The molecule has 0 rings (SSSR count). The minimum Gasteiger partial charge on any atom is -0.481 e. The lowest BCUT2D eigenvalue weighted by Gasteiger charge is -2.11. The molecule has 0 spiro atoms. The molecule has 0 heterocycles. The van der Waals surface area contributed by atoms with Gasteiger partial charge in [-0.15, -0.1) is 0 Å². The Bertz CT molecular complexity index is 417. The summed E-state index contributed by atoms with van der Waals surface area (Å²) in [6.45, 7) is 3.78. The van der Waals surface area contributed by atoms with E-state index in [1.54, 1.807) is 6.92 Å². The second kappa shape index (κ2) is 19.2. The second-order valence-electron chi connectivity index (χ2n) is 8.18. The van der Waals surface area contributed by atoms with Crippen molar-refractivity contribution in [3.05, 3.63) is 12.2 Å². The van der Waals surface area contributed by atoms with Crippen LogP contribution in [0.5, 0.6) is 0 Å². The topological polar surface area (TPSA) is 74.6 Å². The molecule has 0 aliphatic heterocycles. The van der Waals surface area contributed by atoms with E-state index in [1.165, 1.54) is 19.3 Å². The van der Waals surface area contributed by atoms with Gasteiger partial charge in [0.1, 0.15) is 5.78 Å². The van der Waals surface area contributed by atoms with Gasteiger partial charge in [-0.25, -0.2) is 0 Å². The molecule has 0 bridgehead atoms. The molecule has 0 aromatic carbocycles. The number of carboxylic acid groups (broad SMARTS) is 1. The van der Waals surface area contributed by atoms with Crippen LogP contribution in [0.15, 0.2) is 12.2 Å². The summed E-state index contributed by atoms with van der Waals surface area (Å²) in [6, 6.07) is 0. The third-order valence-electron chi connectivity index (χ3n) is 5.32. The van der Waals surface area contributed by atoms with Gasteiger partial charge in [0.25, 0.3) is 0 Å². The monoisotopic (exact) mass is 396 g/mol. The van der Waals surface area contributed by atoms with Crippen LogP contribution in [0.1, 0.15) is 117 Å². The standard InChI is InChI=1S/C24H44O4/c1-3-4-5-12-19-23(26)20-13-10-8-6-7-9-11-17-22(24(27)28)18-15-14-16-21(2)25/h10,13,22-23,26H,3-9,11-12,14-20H2,1-2H3,(H,27,28)/t22?,23-/m1/s1. The fourth-order valence-electron chi connectivity index (χ4n) is 3.46. The van der Waals surface area contributed by atoms with Gasteiger partial charge in [0, 0.05) is 6.42 Å². The summed E-state index contributed by atoms with van der Waals surface area (Å²) in [6.07, 6.45) is 19.5. The van der Waals surface area contributed by atoms with Crippen molar-refractivity contribution in [1.82, 2.24) is 0 Å². The summed E-state index contributed by atoms with van der Waals surface area (Å²) < 4.78 is 0. The third-order valence-corrected chi connectivity index (χ3v) is 5.32. The highest BCUT2D eigenvalue weighted by Gasteiger charge is 2.16. The van der Waals surface area contributed by atoms with Crippen molar-refractivity contribution in [3.8, 4) is 0 Å². The number of hydrogen-bond donors (Lipinski definition) is 2. The van der Waals surface area contributed by atoms with Crippen molar-refractivity contribution in [2.45, 2.75) is 123 Å². The van der Waals surface area contributed by atoms with Crippen LogP contribution in [0.2, 0.25) is 0 Å². The molecule has 0 aromatic heterocycles. The summed E-state index contributed by atoms with van der Waals surface area (Å²) >= 11 is 0. The van der Waals surface area contributed by atoms with Crippen LogP contribution in [0.4, 0.5) is 0 Å². The van der Waals surface area contributed by atoms with Gasteiger partial charge in [0.05, 0.1) is 12.0 Å². The second-order valence-corrected chi connectivity index (χ2v) is 8.18. The molecule has 0 fully saturated rings. The van der Waals surface area contributed by atoms with Crippen molar-refractivity contribution >= 4 is 11.8 Å². The summed E-state index contributed by atoms with van der Waals surface area (Å²) in [7, 11) is 0. The number of hydrogen-bond acceptors (Lipinski definition) is 3. The van der Waals surface area contributed by atoms with Gasteiger partial charge < -0.3 is 15.0 Å². The first kappa shape index (κ1) is 26.8. The highest BCUT2D eigenvalue weighted by molar-refractivity contribution is 5.75. The van der Waals surface area contributed by atoms with Crippen LogP contribution < -0.4 is 0 Å². The van der Waals surface area contributed by atoms with Crippen LogP contribution in [0.3, 0.4) is 0 Å². The number of unbranched alkanes of at least 4 members (excludes halogenated alkanes) is 8. The van der Waals surface area contributed by atoms with E-state index in [2.05, 4.69) is 19.1 Å². The molecule has 2 N–H and O–H groups in total. The Morgan fingerprint density at radius 2 is 1.43 bits per heavy atom. The third kappa shape index (κ3) is 18.2. The molecule has 2 atom stereocenters. The van der Waals surface area contributed by atoms with Crippen LogP contribution in [0, 0.1) is 5.92 Å². The molecule has 0 aromatic rings. The highest BCUT2D eigenvalue weighted by atomic mass is 16.4. The normalized spacial score (nSPS) is 13.7. The number of Topliss-reactive ketones (excluding diaryl/α,β-unsaturated/α-hetero) is 1. The summed E-state index contributed by atoms with van der Waals surface area (Å²) in [5.41, 5.74) is 0. The van der Waals surface area contributed by atoms with Crippen LogP contribution in [0.25, 0.3) is 0 Å². The van der Waals surface area contributed by atoms with Gasteiger partial charge in [0.2, 0.25) is 0 Å². The van der Waals surface area contributed by atoms with Gasteiger partial charge in [-0.05, 0) is 51.9 Å². The molecule has 1 unspecified atom stereocenters. The van der Waals surface area contributed by atoms with Crippen molar-refractivity contribution in [2.24, 2.45) is 5.92 Å². The molecule has 4 heteroatoms. The predicted octanol–water partition coefficient (Wildman–Crippen LogP) is 6.45. The Labute approximate surface area is 172 Å². The Balaban J connectivity index is 3.61. The predicted molar refractivity (Wildman–Crippen MR) is 116 cm³/mol. The molecule has 0 amide bonds. The van der Waals surface area contributed by atoms with Crippen molar-refractivity contribution < 1.29 is 19.8 Å². The first-order chi connectivity index (χ1) is 13.5. The maximum absolute atomic E-state index is 11.3. The van der Waals surface area contributed by atoms with E-state index >= 15 is 0 Å². The summed E-state index contributed by atoms with van der Waals surface area (Å²) in [5, 5.41) is 19.2. The number of aliphatic hydroxyl groups is 1. The van der Waals surface area contributed by atoms with Crippen LogP contribution in [-0.2, 0) is 9.59 Å². The number of rotatable bonds is 20. The molecule has 0 saturated carbocycles. The van der Waals surface area contributed by atoms with E-state index in [4.69, 9.17) is 0 Å². The Kier molecular flexibility index (Phi) is 18.4. The van der Waals surface area contributed by atoms with E-state index in [1.807, 2.05) is 0 Å². The molecular formula is C24H44O4. The maximum Gasteiger partial charge on any atom is 0.306 e. The summed E-state index contributed by atoms with van der Waals surface area (Å²) in [4.78, 5) is 22.2. The lowest BCUT2D eigenvalue weighted by atomic mass is 9.94. The molecule has 0 saturated heterocycles. The minimum atomic E-state index is -0.695. The smallest absolute Gasteiger partial charge is 0.306 e. The van der Waals surface area contributed by atoms with Crippen molar-refractivity contribution in [1.29, 1.82) is 0 Å².